The summed E-state index contributed by atoms with van der Waals surface area (Å²) in [5, 5.41) is 21.9. The molecule has 2 aromatic carbocycles. The van der Waals surface area contributed by atoms with Gasteiger partial charge in [0, 0.05) is 17.3 Å². The van der Waals surface area contributed by atoms with Crippen molar-refractivity contribution in [2.24, 2.45) is 0 Å². The Morgan fingerprint density at radius 2 is 1.88 bits per heavy atom. The van der Waals surface area contributed by atoms with E-state index < -0.39 is 14.9 Å². The van der Waals surface area contributed by atoms with E-state index >= 15 is 0 Å². The van der Waals surface area contributed by atoms with Gasteiger partial charge in [0.15, 0.2) is 0 Å². The van der Waals surface area contributed by atoms with Gasteiger partial charge in [-0.2, -0.15) is 0 Å². The topological polar surface area (TPSA) is 133 Å². The first-order valence-corrected chi connectivity index (χ1v) is 8.88. The second-order valence-electron chi connectivity index (χ2n) is 5.57. The second-order valence-corrected chi connectivity index (χ2v) is 7.25. The molecule has 1 heterocycles. The summed E-state index contributed by atoms with van der Waals surface area (Å²) >= 11 is 0. The molecule has 3 aromatic rings. The van der Waals surface area contributed by atoms with E-state index in [0.717, 1.165) is 11.6 Å². The van der Waals surface area contributed by atoms with Crippen molar-refractivity contribution in [1.82, 2.24) is 20.2 Å². The van der Waals surface area contributed by atoms with Crippen LogP contribution >= 0.6 is 0 Å². The molecule has 0 aliphatic rings. The lowest BCUT2D eigenvalue weighted by Crippen LogP contribution is -2.13. The SMILES string of the molecule is Cc1cc(NS(=O)(=O)c2ccc(C)c([N+](=O)[O-])c2)ccc1-n1cnnn1. The molecule has 0 aliphatic heterocycles. The van der Waals surface area contributed by atoms with Gasteiger partial charge in [0.1, 0.15) is 6.33 Å². The number of tetrazole rings is 1. The van der Waals surface area contributed by atoms with Crippen LogP contribution < -0.4 is 4.72 Å². The van der Waals surface area contributed by atoms with Crippen molar-refractivity contribution >= 4 is 21.4 Å². The molecule has 0 atom stereocenters. The number of sulfonamides is 1. The molecule has 0 aliphatic carbocycles. The Bertz CT molecular complexity index is 1080. The summed E-state index contributed by atoms with van der Waals surface area (Å²) in [6.45, 7) is 3.33. The number of rotatable bonds is 5. The molecule has 10 nitrogen and oxygen atoms in total. The fourth-order valence-electron chi connectivity index (χ4n) is 2.41. The molecule has 11 heteroatoms. The molecular weight excluding hydrogens is 360 g/mol. The highest BCUT2D eigenvalue weighted by Crippen LogP contribution is 2.25. The smallest absolute Gasteiger partial charge is 0.273 e. The zero-order valence-electron chi connectivity index (χ0n) is 13.8. The zero-order chi connectivity index (χ0) is 18.9. The average molecular weight is 374 g/mol. The van der Waals surface area contributed by atoms with Gasteiger partial charge >= 0.3 is 0 Å². The number of nitrogens with one attached hydrogen (secondary N) is 1. The van der Waals surface area contributed by atoms with E-state index in [1.54, 1.807) is 32.0 Å². The van der Waals surface area contributed by atoms with Gasteiger partial charge in [-0.25, -0.2) is 13.1 Å². The standard InChI is InChI=1S/C15H14N6O4S/c1-10-3-5-13(8-15(10)21(22)23)26(24,25)17-12-4-6-14(11(2)7-12)20-9-16-18-19-20/h3-9,17H,1-2H3. The molecule has 0 saturated carbocycles. The number of nitro groups is 1. The van der Waals surface area contributed by atoms with Crippen molar-refractivity contribution in [1.29, 1.82) is 0 Å². The maximum atomic E-state index is 12.5. The van der Waals surface area contributed by atoms with Crippen molar-refractivity contribution in [3.8, 4) is 5.69 Å². The van der Waals surface area contributed by atoms with E-state index in [9.17, 15) is 18.5 Å². The lowest BCUT2D eigenvalue weighted by Gasteiger charge is -2.11. The van der Waals surface area contributed by atoms with E-state index in [1.165, 1.54) is 23.1 Å². The van der Waals surface area contributed by atoms with E-state index in [-0.39, 0.29) is 10.6 Å². The maximum absolute atomic E-state index is 12.5. The minimum absolute atomic E-state index is 0.183. The number of aromatic nitrogens is 4. The first-order chi connectivity index (χ1) is 12.3. The van der Waals surface area contributed by atoms with Crippen molar-refractivity contribution in [2.45, 2.75) is 18.7 Å². The average Bonchev–Trinajstić information content (AvgIpc) is 3.08. The first-order valence-electron chi connectivity index (χ1n) is 7.40. The van der Waals surface area contributed by atoms with Crippen LogP contribution in [0.25, 0.3) is 5.69 Å². The molecule has 0 fully saturated rings. The fourth-order valence-corrected chi connectivity index (χ4v) is 3.48. The summed E-state index contributed by atoms with van der Waals surface area (Å²) in [7, 11) is -3.97. The molecule has 134 valence electrons. The van der Waals surface area contributed by atoms with Crippen LogP contribution in [0.1, 0.15) is 11.1 Å². The molecule has 0 bridgehead atoms. The summed E-state index contributed by atoms with van der Waals surface area (Å²) in [5.74, 6) is 0. The molecule has 0 radical (unpaired) electrons. The van der Waals surface area contributed by atoms with Crippen LogP contribution in [0.5, 0.6) is 0 Å². The summed E-state index contributed by atoms with van der Waals surface area (Å²) in [6, 6.07) is 8.62. The van der Waals surface area contributed by atoms with Crippen LogP contribution in [0.3, 0.4) is 0 Å². The Balaban J connectivity index is 1.92. The molecule has 0 saturated heterocycles. The third-order valence-corrected chi connectivity index (χ3v) is 5.11. The van der Waals surface area contributed by atoms with E-state index in [1.807, 2.05) is 0 Å². The maximum Gasteiger partial charge on any atom is 0.273 e. The third-order valence-electron chi connectivity index (χ3n) is 3.73. The van der Waals surface area contributed by atoms with E-state index in [2.05, 4.69) is 20.2 Å². The van der Waals surface area contributed by atoms with Crippen molar-refractivity contribution in [2.75, 3.05) is 4.72 Å². The summed E-state index contributed by atoms with van der Waals surface area (Å²) in [6.07, 6.45) is 1.43. The van der Waals surface area contributed by atoms with Crippen molar-refractivity contribution in [3.05, 3.63) is 64.0 Å². The second kappa shape index (κ2) is 6.52. The lowest BCUT2D eigenvalue weighted by atomic mass is 10.2. The summed E-state index contributed by atoms with van der Waals surface area (Å²) in [4.78, 5) is 10.2. The van der Waals surface area contributed by atoms with Gasteiger partial charge < -0.3 is 0 Å². The number of benzene rings is 2. The van der Waals surface area contributed by atoms with Gasteiger partial charge in [0.25, 0.3) is 15.7 Å². The monoisotopic (exact) mass is 374 g/mol. The number of nitro benzene ring substituents is 1. The summed E-state index contributed by atoms with van der Waals surface area (Å²) < 4.78 is 29.0. The van der Waals surface area contributed by atoms with Crippen molar-refractivity contribution < 1.29 is 13.3 Å². The Morgan fingerprint density at radius 3 is 2.50 bits per heavy atom. The Morgan fingerprint density at radius 1 is 1.12 bits per heavy atom. The van der Waals surface area contributed by atoms with E-state index in [0.29, 0.717) is 16.9 Å². The highest BCUT2D eigenvalue weighted by molar-refractivity contribution is 7.92. The van der Waals surface area contributed by atoms with Crippen LogP contribution in [0.2, 0.25) is 0 Å². The molecule has 26 heavy (non-hydrogen) atoms. The minimum Gasteiger partial charge on any atom is -0.280 e. The highest BCUT2D eigenvalue weighted by atomic mass is 32.2. The van der Waals surface area contributed by atoms with Gasteiger partial charge in [-0.15, -0.1) is 5.10 Å². The van der Waals surface area contributed by atoms with Crippen LogP contribution in [0, 0.1) is 24.0 Å². The lowest BCUT2D eigenvalue weighted by molar-refractivity contribution is -0.385. The number of nitrogens with zero attached hydrogens (tertiary/aromatic N) is 5. The third kappa shape index (κ3) is 3.37. The molecule has 1 N–H and O–H groups in total. The molecule has 0 unspecified atom stereocenters. The zero-order valence-corrected chi connectivity index (χ0v) is 14.6. The number of anilines is 1. The minimum atomic E-state index is -3.97. The normalized spacial score (nSPS) is 11.3. The first kappa shape index (κ1) is 17.5. The highest BCUT2D eigenvalue weighted by Gasteiger charge is 2.20. The Kier molecular flexibility index (Phi) is 4.38. The molecule has 0 spiro atoms. The van der Waals surface area contributed by atoms with Crippen LogP contribution in [-0.2, 0) is 10.0 Å². The van der Waals surface area contributed by atoms with E-state index in [4.69, 9.17) is 0 Å². The molecule has 3 rings (SSSR count). The van der Waals surface area contributed by atoms with Gasteiger partial charge in [-0.3, -0.25) is 14.8 Å². The number of hydrogen-bond acceptors (Lipinski definition) is 7. The molecule has 0 amide bonds. The van der Waals surface area contributed by atoms with Crippen LogP contribution in [0.15, 0.2) is 47.6 Å². The fraction of sp³-hybridized carbons (Fsp3) is 0.133. The molecular formula is C15H14N6O4S. The molecule has 1 aromatic heterocycles. The van der Waals surface area contributed by atoms with Crippen molar-refractivity contribution in [3.63, 3.8) is 0 Å². The van der Waals surface area contributed by atoms with Gasteiger partial charge in [0.05, 0.1) is 15.5 Å². The van der Waals surface area contributed by atoms with Gasteiger partial charge in [-0.05, 0) is 54.1 Å². The predicted octanol–water partition coefficient (Wildman–Crippen LogP) is 1.99. The van der Waals surface area contributed by atoms with Crippen LogP contribution in [-0.4, -0.2) is 33.5 Å². The quantitative estimate of drug-likeness (QED) is 0.533. The number of hydrogen-bond donors (Lipinski definition) is 1. The predicted molar refractivity (Wildman–Crippen MR) is 92.5 cm³/mol. The largest absolute Gasteiger partial charge is 0.280 e. The van der Waals surface area contributed by atoms with Gasteiger partial charge in [0.2, 0.25) is 0 Å². The van der Waals surface area contributed by atoms with Gasteiger partial charge in [-0.1, -0.05) is 6.07 Å². The Labute approximate surface area is 148 Å². The van der Waals surface area contributed by atoms with Crippen LogP contribution in [0.4, 0.5) is 11.4 Å². The Hall–Kier alpha value is -3.34. The number of aryl methyl sites for hydroxylation is 2. The summed E-state index contributed by atoms with van der Waals surface area (Å²) in [5.41, 5.74) is 1.90.